The SMILES string of the molecule is COc1cc([C@H](OC(C)=O)[C@H]2C(=O)O[C@@H](O[C@@H]3C[C@H](C)CC[C@H]3C(C)C)[C@@H]2C(=O)c2ccc3c(c2)OCO3)cc(OC)c1OC. The molecule has 11 heteroatoms. The number of esters is 2. The topological polar surface area (TPSA) is 125 Å². The first kappa shape index (κ1) is 32.4. The number of benzene rings is 2. The van der Waals surface area contributed by atoms with E-state index in [1.165, 1.54) is 28.3 Å². The van der Waals surface area contributed by atoms with E-state index in [2.05, 4.69) is 20.8 Å². The van der Waals surface area contributed by atoms with Crippen molar-refractivity contribution in [3.63, 3.8) is 0 Å². The van der Waals surface area contributed by atoms with Gasteiger partial charge in [0.05, 0.1) is 27.4 Å². The molecule has 5 rings (SSSR count). The second-order valence-corrected chi connectivity index (χ2v) is 12.3. The molecule has 2 heterocycles. The highest BCUT2D eigenvalue weighted by Gasteiger charge is 2.56. The third-order valence-corrected chi connectivity index (χ3v) is 9.05. The van der Waals surface area contributed by atoms with Gasteiger partial charge in [0.1, 0.15) is 17.9 Å². The average Bonchev–Trinajstić information content (AvgIpc) is 3.61. The maximum atomic E-state index is 14.5. The number of Topliss-reactive ketones (excluding diaryl/α,β-unsaturated/α-hetero) is 1. The van der Waals surface area contributed by atoms with Crippen molar-refractivity contribution in [2.75, 3.05) is 28.1 Å². The Bertz CT molecular complexity index is 1390. The van der Waals surface area contributed by atoms with E-state index in [0.29, 0.717) is 34.6 Å². The van der Waals surface area contributed by atoms with Gasteiger partial charge < -0.3 is 37.9 Å². The van der Waals surface area contributed by atoms with E-state index in [4.69, 9.17) is 37.9 Å². The zero-order chi connectivity index (χ0) is 32.4. The van der Waals surface area contributed by atoms with Gasteiger partial charge in [0.25, 0.3) is 0 Å². The maximum absolute atomic E-state index is 14.5. The molecule has 0 spiro atoms. The Balaban J connectivity index is 1.60. The Kier molecular flexibility index (Phi) is 9.76. The third-order valence-electron chi connectivity index (χ3n) is 9.05. The quantitative estimate of drug-likeness (QED) is 0.231. The number of hydrogen-bond acceptors (Lipinski definition) is 11. The summed E-state index contributed by atoms with van der Waals surface area (Å²) in [6.45, 7) is 7.75. The van der Waals surface area contributed by atoms with Crippen LogP contribution in [0, 0.1) is 29.6 Å². The predicted octanol–water partition coefficient (Wildman–Crippen LogP) is 5.52. The first-order chi connectivity index (χ1) is 21.6. The van der Waals surface area contributed by atoms with Gasteiger partial charge in [-0.1, -0.05) is 27.2 Å². The van der Waals surface area contributed by atoms with E-state index in [1.807, 2.05) is 0 Å². The minimum Gasteiger partial charge on any atom is -0.493 e. The molecular formula is C34H42O11. The minimum absolute atomic E-state index is 0.0402. The van der Waals surface area contributed by atoms with E-state index in [-0.39, 0.29) is 35.9 Å². The summed E-state index contributed by atoms with van der Waals surface area (Å²) in [4.78, 5) is 40.9. The largest absolute Gasteiger partial charge is 0.493 e. The summed E-state index contributed by atoms with van der Waals surface area (Å²) in [5.74, 6) is -1.41. The van der Waals surface area contributed by atoms with Crippen LogP contribution in [-0.2, 0) is 23.8 Å². The Labute approximate surface area is 263 Å². The summed E-state index contributed by atoms with van der Waals surface area (Å²) >= 11 is 0. The van der Waals surface area contributed by atoms with Gasteiger partial charge in [0, 0.05) is 18.1 Å². The van der Waals surface area contributed by atoms with Gasteiger partial charge in [-0.05, 0) is 60.9 Å². The van der Waals surface area contributed by atoms with Crippen molar-refractivity contribution in [1.29, 1.82) is 0 Å². The smallest absolute Gasteiger partial charge is 0.316 e. The van der Waals surface area contributed by atoms with Gasteiger partial charge in [-0.15, -0.1) is 0 Å². The summed E-state index contributed by atoms with van der Waals surface area (Å²) in [6, 6.07) is 8.04. The molecule has 1 aliphatic carbocycles. The number of carbonyl (C=O) groups excluding carboxylic acids is 3. The lowest BCUT2D eigenvalue weighted by molar-refractivity contribution is -0.192. The maximum Gasteiger partial charge on any atom is 0.316 e. The Morgan fingerprint density at radius 3 is 2.24 bits per heavy atom. The lowest BCUT2D eigenvalue weighted by Crippen LogP contribution is -2.41. The summed E-state index contributed by atoms with van der Waals surface area (Å²) in [5, 5.41) is 0. The lowest BCUT2D eigenvalue weighted by Gasteiger charge is -2.39. The third kappa shape index (κ3) is 6.54. The fourth-order valence-corrected chi connectivity index (χ4v) is 6.77. The van der Waals surface area contributed by atoms with E-state index in [9.17, 15) is 14.4 Å². The molecule has 0 bridgehead atoms. The molecule has 0 unspecified atom stereocenters. The summed E-state index contributed by atoms with van der Waals surface area (Å²) in [6.07, 6.45) is 0.127. The fraction of sp³-hybridized carbons (Fsp3) is 0.559. The van der Waals surface area contributed by atoms with Crippen molar-refractivity contribution in [2.24, 2.45) is 29.6 Å². The molecule has 1 saturated heterocycles. The number of fused-ring (bicyclic) bond motifs is 1. The van der Waals surface area contributed by atoms with Gasteiger partial charge >= 0.3 is 11.9 Å². The van der Waals surface area contributed by atoms with E-state index < -0.39 is 42.0 Å². The van der Waals surface area contributed by atoms with Gasteiger partial charge in [0.15, 0.2) is 28.8 Å². The van der Waals surface area contributed by atoms with Crippen LogP contribution in [0.1, 0.15) is 69.0 Å². The Morgan fingerprint density at radius 2 is 1.62 bits per heavy atom. The molecule has 0 N–H and O–H groups in total. The number of ether oxygens (including phenoxy) is 8. The molecule has 2 aliphatic heterocycles. The Morgan fingerprint density at radius 1 is 0.933 bits per heavy atom. The standard InChI is InChI=1S/C34H42O11/c1-17(2)22-10-8-18(3)12-24(22)44-34-28(30(36)20-9-11-23-25(13-20)42-16-41-23)29(33(37)45-34)31(43-19(4)35)21-14-26(38-5)32(40-7)27(15-21)39-6/h9,11,13-15,17-18,22,24,28-29,31,34H,8,10,12,16H2,1-7H3/t18-,22+,24-,28+,29+,31+,34-/m1/s1. The van der Waals surface area contributed by atoms with E-state index in [0.717, 1.165) is 19.3 Å². The molecule has 0 radical (unpaired) electrons. The number of carbonyl (C=O) groups is 3. The number of methoxy groups -OCH3 is 3. The first-order valence-electron chi connectivity index (χ1n) is 15.3. The summed E-state index contributed by atoms with van der Waals surface area (Å²) in [7, 11) is 4.38. The number of hydrogen-bond donors (Lipinski definition) is 0. The van der Waals surface area contributed by atoms with Gasteiger partial charge in [0.2, 0.25) is 18.8 Å². The number of cyclic esters (lactones) is 1. The van der Waals surface area contributed by atoms with Gasteiger partial charge in [-0.3, -0.25) is 14.4 Å². The van der Waals surface area contributed by atoms with Crippen molar-refractivity contribution in [3.05, 3.63) is 41.5 Å². The molecule has 0 aromatic heterocycles. The second kappa shape index (κ2) is 13.6. The fourth-order valence-electron chi connectivity index (χ4n) is 6.77. The van der Waals surface area contributed by atoms with Crippen LogP contribution >= 0.6 is 0 Å². The Hall–Kier alpha value is -3.99. The molecule has 0 amide bonds. The van der Waals surface area contributed by atoms with Crippen LogP contribution in [0.3, 0.4) is 0 Å². The molecule has 2 fully saturated rings. The zero-order valence-corrected chi connectivity index (χ0v) is 26.8. The van der Waals surface area contributed by atoms with Crippen LogP contribution in [0.2, 0.25) is 0 Å². The van der Waals surface area contributed by atoms with Crippen LogP contribution in [-0.4, -0.2) is 58.2 Å². The molecule has 244 valence electrons. The number of ketones is 1. The summed E-state index contributed by atoms with van der Waals surface area (Å²) in [5.41, 5.74) is 0.641. The van der Waals surface area contributed by atoms with Crippen LogP contribution in [0.15, 0.2) is 30.3 Å². The highest BCUT2D eigenvalue weighted by molar-refractivity contribution is 6.02. The van der Waals surface area contributed by atoms with Crippen molar-refractivity contribution < 1.29 is 52.3 Å². The summed E-state index contributed by atoms with van der Waals surface area (Å²) < 4.78 is 45.9. The molecule has 11 nitrogen and oxygen atoms in total. The van der Waals surface area contributed by atoms with Crippen LogP contribution in [0.4, 0.5) is 0 Å². The van der Waals surface area contributed by atoms with Crippen molar-refractivity contribution in [1.82, 2.24) is 0 Å². The highest BCUT2D eigenvalue weighted by Crippen LogP contribution is 2.48. The van der Waals surface area contributed by atoms with Gasteiger partial charge in [-0.25, -0.2) is 0 Å². The number of rotatable bonds is 11. The average molecular weight is 627 g/mol. The zero-order valence-electron chi connectivity index (χ0n) is 26.8. The van der Waals surface area contributed by atoms with Crippen LogP contribution in [0.25, 0.3) is 0 Å². The molecule has 45 heavy (non-hydrogen) atoms. The predicted molar refractivity (Wildman–Crippen MR) is 161 cm³/mol. The molecule has 7 atom stereocenters. The molecule has 2 aromatic rings. The lowest BCUT2D eigenvalue weighted by atomic mass is 9.75. The van der Waals surface area contributed by atoms with Crippen LogP contribution in [0.5, 0.6) is 28.7 Å². The van der Waals surface area contributed by atoms with Crippen molar-refractivity contribution in [2.45, 2.75) is 65.5 Å². The first-order valence-corrected chi connectivity index (χ1v) is 15.3. The molecule has 3 aliphatic rings. The minimum atomic E-state index is -1.25. The normalized spacial score (nSPS) is 26.3. The molecule has 1 saturated carbocycles. The highest BCUT2D eigenvalue weighted by atomic mass is 16.7. The molecule has 2 aromatic carbocycles. The van der Waals surface area contributed by atoms with Crippen LogP contribution < -0.4 is 23.7 Å². The van der Waals surface area contributed by atoms with Crippen molar-refractivity contribution >= 4 is 17.7 Å². The second-order valence-electron chi connectivity index (χ2n) is 12.3. The van der Waals surface area contributed by atoms with Crippen molar-refractivity contribution in [3.8, 4) is 28.7 Å². The monoisotopic (exact) mass is 626 g/mol. The van der Waals surface area contributed by atoms with E-state index in [1.54, 1.807) is 30.3 Å². The van der Waals surface area contributed by atoms with E-state index >= 15 is 0 Å². The van der Waals surface area contributed by atoms with Gasteiger partial charge in [-0.2, -0.15) is 0 Å². The molecular weight excluding hydrogens is 584 g/mol.